The van der Waals surface area contributed by atoms with E-state index < -0.39 is 0 Å². The van der Waals surface area contributed by atoms with Gasteiger partial charge in [0.05, 0.1) is 11.0 Å². The zero-order chi connectivity index (χ0) is 45.0. The maximum atomic E-state index is 2.48. The van der Waals surface area contributed by atoms with Crippen molar-refractivity contribution in [1.29, 1.82) is 0 Å². The zero-order valence-electron chi connectivity index (χ0n) is 37.3. The van der Waals surface area contributed by atoms with Gasteiger partial charge in [-0.3, -0.25) is 0 Å². The number of rotatable bonds is 8. The minimum absolute atomic E-state index is 1.10. The molecule has 0 radical (unpaired) electrons. The van der Waals surface area contributed by atoms with Gasteiger partial charge in [0.25, 0.3) is 0 Å². The second-order valence-electron chi connectivity index (χ2n) is 17.6. The number of nitrogens with zero attached hydrogens (tertiary/aromatic N) is 2. The van der Waals surface area contributed by atoms with Gasteiger partial charge in [0, 0.05) is 44.3 Å². The summed E-state index contributed by atoms with van der Waals surface area (Å²) >= 11 is 0. The molecule has 0 saturated heterocycles. The molecule has 1 aromatic heterocycles. The van der Waals surface area contributed by atoms with E-state index >= 15 is 0 Å². The summed E-state index contributed by atoms with van der Waals surface area (Å²) in [6.07, 6.45) is 0. The molecule has 0 N–H and O–H groups in total. The number of benzene rings is 12. The molecule has 0 spiro atoms. The smallest absolute Gasteiger partial charge is 0.0626 e. The number of fused-ring (bicyclic) bond motifs is 10. The Hall–Kier alpha value is -8.98. The molecule has 0 amide bonds. The highest BCUT2D eigenvalue weighted by atomic mass is 15.1. The van der Waals surface area contributed by atoms with Crippen LogP contribution in [-0.2, 0) is 0 Å². The van der Waals surface area contributed by atoms with Crippen molar-refractivity contribution in [1.82, 2.24) is 4.57 Å². The van der Waals surface area contributed by atoms with Crippen LogP contribution in [0.15, 0.2) is 267 Å². The lowest BCUT2D eigenvalue weighted by Gasteiger charge is -2.26. The van der Waals surface area contributed by atoms with Crippen LogP contribution in [0, 0.1) is 0 Å². The van der Waals surface area contributed by atoms with Gasteiger partial charge in [0.15, 0.2) is 0 Å². The Morgan fingerprint density at radius 3 is 1.22 bits per heavy atom. The molecule has 12 aromatic carbocycles. The Morgan fingerprint density at radius 1 is 0.250 bits per heavy atom. The van der Waals surface area contributed by atoms with E-state index in [0.29, 0.717) is 0 Å². The molecule has 68 heavy (non-hydrogen) atoms. The van der Waals surface area contributed by atoms with Crippen LogP contribution in [0.2, 0.25) is 0 Å². The van der Waals surface area contributed by atoms with Crippen LogP contribution in [0.3, 0.4) is 0 Å². The van der Waals surface area contributed by atoms with Crippen molar-refractivity contribution in [2.24, 2.45) is 0 Å². The fraction of sp³-hybridized carbons (Fsp3) is 0. The van der Waals surface area contributed by atoms with Gasteiger partial charge < -0.3 is 9.47 Å². The van der Waals surface area contributed by atoms with Crippen LogP contribution < -0.4 is 4.90 Å². The minimum atomic E-state index is 1.10. The molecule has 13 aromatic rings. The van der Waals surface area contributed by atoms with E-state index in [9.17, 15) is 0 Å². The summed E-state index contributed by atoms with van der Waals surface area (Å²) in [6.45, 7) is 0. The Labute approximate surface area is 395 Å². The lowest BCUT2D eigenvalue weighted by molar-refractivity contribution is 1.19. The predicted molar refractivity (Wildman–Crippen MR) is 290 cm³/mol. The first kappa shape index (κ1) is 39.4. The number of aromatic nitrogens is 1. The number of anilines is 3. The van der Waals surface area contributed by atoms with Gasteiger partial charge >= 0.3 is 0 Å². The van der Waals surface area contributed by atoms with Crippen molar-refractivity contribution < 1.29 is 0 Å². The van der Waals surface area contributed by atoms with Crippen LogP contribution in [0.1, 0.15) is 0 Å². The second kappa shape index (κ2) is 16.5. The molecule has 0 saturated carbocycles. The fourth-order valence-corrected chi connectivity index (χ4v) is 10.6. The van der Waals surface area contributed by atoms with Gasteiger partial charge in [-0.1, -0.05) is 206 Å². The molecule has 0 bridgehead atoms. The van der Waals surface area contributed by atoms with E-state index in [1.165, 1.54) is 98.6 Å². The summed E-state index contributed by atoms with van der Waals surface area (Å²) < 4.78 is 2.48. The normalized spacial score (nSPS) is 11.5. The molecule has 0 atom stereocenters. The number of para-hydroxylation sites is 2. The van der Waals surface area contributed by atoms with E-state index in [0.717, 1.165) is 22.7 Å². The van der Waals surface area contributed by atoms with Crippen molar-refractivity contribution in [3.05, 3.63) is 267 Å². The third-order valence-corrected chi connectivity index (χ3v) is 13.8. The summed E-state index contributed by atoms with van der Waals surface area (Å²) in [5, 5.41) is 10.1. The van der Waals surface area contributed by atoms with Crippen molar-refractivity contribution >= 4 is 71.2 Å². The van der Waals surface area contributed by atoms with Crippen molar-refractivity contribution in [2.45, 2.75) is 0 Å². The minimum Gasteiger partial charge on any atom is -0.311 e. The summed E-state index contributed by atoms with van der Waals surface area (Å²) in [4.78, 5) is 2.35. The predicted octanol–water partition coefficient (Wildman–Crippen LogP) is 18.4. The summed E-state index contributed by atoms with van der Waals surface area (Å²) in [7, 11) is 0. The third kappa shape index (κ3) is 6.65. The van der Waals surface area contributed by atoms with E-state index in [-0.39, 0.29) is 0 Å². The van der Waals surface area contributed by atoms with Crippen molar-refractivity contribution in [2.75, 3.05) is 4.90 Å². The van der Waals surface area contributed by atoms with Gasteiger partial charge in [-0.15, -0.1) is 0 Å². The third-order valence-electron chi connectivity index (χ3n) is 13.8. The van der Waals surface area contributed by atoms with E-state index in [2.05, 4.69) is 276 Å². The Bertz CT molecular complexity index is 3950. The molecule has 0 fully saturated rings. The number of hydrogen-bond donors (Lipinski definition) is 0. The zero-order valence-corrected chi connectivity index (χ0v) is 37.3. The topological polar surface area (TPSA) is 8.17 Å². The molecule has 0 aliphatic rings. The highest BCUT2D eigenvalue weighted by Crippen LogP contribution is 2.47. The Morgan fingerprint density at radius 2 is 0.647 bits per heavy atom. The van der Waals surface area contributed by atoms with E-state index in [1.54, 1.807) is 0 Å². The standard InChI is InChI=1S/C66H44N2/c1-4-16-45(17-5-1)47-28-30-48(31-29-47)50-32-38-53(39-33-50)67(52-20-8-3-9-21-52)54-42-36-51(37-43-54)61-44-62-57-23-11-13-25-59(57)66-65(64(62)58-24-12-10-22-56(58)61)60-26-14-15-27-63(60)68(66)55-40-34-49(35-41-55)46-18-6-2-7-19-46/h1-44H. The average Bonchev–Trinajstić information content (AvgIpc) is 3.77. The van der Waals surface area contributed by atoms with Crippen LogP contribution >= 0.6 is 0 Å². The summed E-state index contributed by atoms with van der Waals surface area (Å²) in [6, 6.07) is 97.2. The summed E-state index contributed by atoms with van der Waals surface area (Å²) in [5.74, 6) is 0. The van der Waals surface area contributed by atoms with Crippen LogP contribution in [-0.4, -0.2) is 4.57 Å². The van der Waals surface area contributed by atoms with Crippen molar-refractivity contribution in [3.63, 3.8) is 0 Å². The molecule has 2 nitrogen and oxygen atoms in total. The van der Waals surface area contributed by atoms with Gasteiger partial charge in [-0.2, -0.15) is 0 Å². The molecular formula is C66H44N2. The first-order chi connectivity index (χ1) is 33.7. The van der Waals surface area contributed by atoms with Crippen LogP contribution in [0.5, 0.6) is 0 Å². The molecule has 0 unspecified atom stereocenters. The molecule has 0 aliphatic carbocycles. The lowest BCUT2D eigenvalue weighted by Crippen LogP contribution is -2.09. The monoisotopic (exact) mass is 864 g/mol. The maximum Gasteiger partial charge on any atom is 0.0626 e. The largest absolute Gasteiger partial charge is 0.311 e. The second-order valence-corrected chi connectivity index (χ2v) is 17.6. The van der Waals surface area contributed by atoms with Gasteiger partial charge in [0.2, 0.25) is 0 Å². The van der Waals surface area contributed by atoms with Gasteiger partial charge in [-0.25, -0.2) is 0 Å². The number of hydrogen-bond acceptors (Lipinski definition) is 1. The van der Waals surface area contributed by atoms with Gasteiger partial charge in [-0.05, 0) is 127 Å². The summed E-state index contributed by atoms with van der Waals surface area (Å²) in [5.41, 5.74) is 16.6. The molecule has 0 aliphatic heterocycles. The fourth-order valence-electron chi connectivity index (χ4n) is 10.6. The Kier molecular flexibility index (Phi) is 9.54. The lowest BCUT2D eigenvalue weighted by atomic mass is 9.88. The Balaban J connectivity index is 0.932. The molecule has 2 heteroatoms. The highest BCUT2D eigenvalue weighted by Gasteiger charge is 2.22. The van der Waals surface area contributed by atoms with Crippen molar-refractivity contribution in [3.8, 4) is 50.2 Å². The SMILES string of the molecule is c1ccc(-c2ccc(-c3ccc(N(c4ccccc4)c4ccc(-c5cc6c7ccccc7c7c(c8ccccc8n7-c7ccc(-c8ccccc8)cc7)c6c6ccccc56)cc4)cc3)cc2)cc1. The first-order valence-corrected chi connectivity index (χ1v) is 23.4. The first-order valence-electron chi connectivity index (χ1n) is 23.4. The molecule has 1 heterocycles. The quantitative estimate of drug-likeness (QED) is 0.138. The van der Waals surface area contributed by atoms with E-state index in [1.807, 2.05) is 0 Å². The van der Waals surface area contributed by atoms with Gasteiger partial charge in [0.1, 0.15) is 0 Å². The molecule has 318 valence electrons. The van der Waals surface area contributed by atoms with Crippen LogP contribution in [0.25, 0.3) is 104 Å². The van der Waals surface area contributed by atoms with Crippen LogP contribution in [0.4, 0.5) is 17.1 Å². The molecule has 13 rings (SSSR count). The molecular weight excluding hydrogens is 821 g/mol. The highest BCUT2D eigenvalue weighted by molar-refractivity contribution is 6.38. The van der Waals surface area contributed by atoms with E-state index in [4.69, 9.17) is 0 Å². The maximum absolute atomic E-state index is 2.48. The average molecular weight is 865 g/mol.